The van der Waals surface area contributed by atoms with Gasteiger partial charge in [-0.25, -0.2) is 0 Å². The summed E-state index contributed by atoms with van der Waals surface area (Å²) in [4.78, 5) is 10.2. The summed E-state index contributed by atoms with van der Waals surface area (Å²) in [5.41, 5.74) is 2.18. The van der Waals surface area contributed by atoms with E-state index in [0.29, 0.717) is 0 Å². The van der Waals surface area contributed by atoms with Crippen molar-refractivity contribution in [3.8, 4) is 0 Å². The first-order valence-corrected chi connectivity index (χ1v) is 5.80. The first-order chi connectivity index (χ1) is 7.47. The number of nitrogens with zero attached hydrogens (tertiary/aromatic N) is 1. The summed E-state index contributed by atoms with van der Waals surface area (Å²) in [6, 6.07) is 4.97. The molecule has 0 aliphatic heterocycles. The third-order valence-corrected chi connectivity index (χ3v) is 3.16. The van der Waals surface area contributed by atoms with Gasteiger partial charge in [0, 0.05) is 17.5 Å². The summed E-state index contributed by atoms with van der Waals surface area (Å²) < 4.78 is 0. The number of alkyl halides is 1. The lowest BCUT2D eigenvalue weighted by Crippen LogP contribution is -2.10. The van der Waals surface area contributed by atoms with Crippen molar-refractivity contribution in [2.45, 2.75) is 38.5 Å². The highest BCUT2D eigenvalue weighted by Gasteiger charge is 2.18. The fourth-order valence-corrected chi connectivity index (χ4v) is 2.30. The summed E-state index contributed by atoms with van der Waals surface area (Å²) in [6.45, 7) is 5.92. The van der Waals surface area contributed by atoms with Crippen LogP contribution in [0.4, 0.5) is 5.69 Å². The number of rotatable bonds is 4. The van der Waals surface area contributed by atoms with E-state index in [1.807, 2.05) is 19.9 Å². The van der Waals surface area contributed by atoms with Gasteiger partial charge in [-0.2, -0.15) is 0 Å². The second kappa shape index (κ2) is 5.30. The molecule has 0 fully saturated rings. The molecule has 0 aromatic heterocycles. The van der Waals surface area contributed by atoms with Crippen LogP contribution in [0.15, 0.2) is 18.2 Å². The van der Waals surface area contributed by atoms with Gasteiger partial charge in [-0.05, 0) is 37.3 Å². The Morgan fingerprint density at radius 2 is 2.12 bits per heavy atom. The summed E-state index contributed by atoms with van der Waals surface area (Å²) in [7, 11) is 0. The molecule has 0 N–H and O–H groups in total. The van der Waals surface area contributed by atoms with Crippen LogP contribution in [0.2, 0.25) is 0 Å². The van der Waals surface area contributed by atoms with E-state index in [-0.39, 0.29) is 21.9 Å². The maximum atomic E-state index is 10.6. The molecular formula is C12H16ClNO2. The lowest BCUT2D eigenvalue weighted by molar-refractivity contribution is -0.384. The van der Waals surface area contributed by atoms with Gasteiger partial charge in [0.2, 0.25) is 0 Å². The number of benzene rings is 1. The minimum Gasteiger partial charge on any atom is -0.258 e. The lowest BCUT2D eigenvalue weighted by atomic mass is 9.90. The average molecular weight is 242 g/mol. The predicted octanol–water partition coefficient (Wildman–Crippen LogP) is 4.02. The molecule has 4 heteroatoms. The minimum absolute atomic E-state index is 0.0326. The van der Waals surface area contributed by atoms with E-state index in [9.17, 15) is 10.1 Å². The van der Waals surface area contributed by atoms with Crippen molar-refractivity contribution in [3.63, 3.8) is 0 Å². The van der Waals surface area contributed by atoms with Crippen molar-refractivity contribution in [1.29, 1.82) is 0 Å². The smallest absolute Gasteiger partial charge is 0.258 e. The quantitative estimate of drug-likeness (QED) is 0.454. The molecule has 0 aliphatic carbocycles. The second-order valence-electron chi connectivity index (χ2n) is 3.99. The number of halogens is 1. The number of aryl methyl sites for hydroxylation is 1. The zero-order valence-electron chi connectivity index (χ0n) is 9.74. The lowest BCUT2D eigenvalue weighted by Gasteiger charge is -2.19. The van der Waals surface area contributed by atoms with Crippen molar-refractivity contribution < 1.29 is 4.92 Å². The minimum atomic E-state index is -0.373. The van der Waals surface area contributed by atoms with Crippen molar-refractivity contribution in [2.24, 2.45) is 0 Å². The standard InChI is InChI=1S/C12H16ClNO2/c1-4-11(9(3)13)12-6-5-10(14(15)16)7-8(12)2/h5-7,9,11H,4H2,1-3H3. The Morgan fingerprint density at radius 3 is 2.50 bits per heavy atom. The van der Waals surface area contributed by atoms with E-state index in [4.69, 9.17) is 11.6 Å². The van der Waals surface area contributed by atoms with Gasteiger partial charge in [0.1, 0.15) is 0 Å². The summed E-state index contributed by atoms with van der Waals surface area (Å²) in [6.07, 6.45) is 0.934. The summed E-state index contributed by atoms with van der Waals surface area (Å²) >= 11 is 6.12. The van der Waals surface area contributed by atoms with Crippen LogP contribution < -0.4 is 0 Å². The van der Waals surface area contributed by atoms with E-state index in [1.54, 1.807) is 12.1 Å². The molecule has 0 saturated heterocycles. The van der Waals surface area contributed by atoms with E-state index in [0.717, 1.165) is 17.5 Å². The van der Waals surface area contributed by atoms with Crippen LogP contribution in [0, 0.1) is 17.0 Å². The average Bonchev–Trinajstić information content (AvgIpc) is 2.20. The van der Waals surface area contributed by atoms with Crippen LogP contribution in [-0.2, 0) is 0 Å². The van der Waals surface area contributed by atoms with Gasteiger partial charge in [0.05, 0.1) is 4.92 Å². The summed E-state index contributed by atoms with van der Waals surface area (Å²) in [5, 5.41) is 10.6. The molecule has 88 valence electrons. The van der Waals surface area contributed by atoms with Crippen molar-refractivity contribution in [3.05, 3.63) is 39.4 Å². The Balaban J connectivity index is 3.11. The molecule has 0 saturated carbocycles. The Hall–Kier alpha value is -1.09. The number of nitro benzene ring substituents is 1. The molecule has 0 aliphatic rings. The molecule has 0 radical (unpaired) electrons. The highest BCUT2D eigenvalue weighted by Crippen LogP contribution is 2.31. The molecule has 16 heavy (non-hydrogen) atoms. The van der Waals surface area contributed by atoms with Gasteiger partial charge in [-0.15, -0.1) is 11.6 Å². The highest BCUT2D eigenvalue weighted by molar-refractivity contribution is 6.20. The molecule has 0 amide bonds. The Morgan fingerprint density at radius 1 is 1.50 bits per heavy atom. The zero-order valence-corrected chi connectivity index (χ0v) is 10.5. The number of hydrogen-bond acceptors (Lipinski definition) is 2. The molecule has 2 atom stereocenters. The van der Waals surface area contributed by atoms with Gasteiger partial charge in [0.25, 0.3) is 5.69 Å². The second-order valence-corrected chi connectivity index (χ2v) is 4.68. The normalized spacial score (nSPS) is 14.5. The van der Waals surface area contributed by atoms with Crippen LogP contribution in [0.3, 0.4) is 0 Å². The van der Waals surface area contributed by atoms with Crippen molar-refractivity contribution in [1.82, 2.24) is 0 Å². The largest absolute Gasteiger partial charge is 0.269 e. The monoisotopic (exact) mass is 241 g/mol. The van der Waals surface area contributed by atoms with E-state index in [1.165, 1.54) is 0 Å². The molecule has 2 unspecified atom stereocenters. The molecule has 1 rings (SSSR count). The topological polar surface area (TPSA) is 43.1 Å². The Kier molecular flexibility index (Phi) is 4.30. The van der Waals surface area contributed by atoms with Crippen LogP contribution in [0.5, 0.6) is 0 Å². The van der Waals surface area contributed by atoms with Gasteiger partial charge in [0.15, 0.2) is 0 Å². The van der Waals surface area contributed by atoms with Crippen molar-refractivity contribution >= 4 is 17.3 Å². The van der Waals surface area contributed by atoms with Gasteiger partial charge < -0.3 is 0 Å². The van der Waals surface area contributed by atoms with Gasteiger partial charge in [-0.1, -0.05) is 13.0 Å². The number of nitro groups is 1. The molecule has 3 nitrogen and oxygen atoms in total. The highest BCUT2D eigenvalue weighted by atomic mass is 35.5. The molecule has 1 aromatic carbocycles. The maximum absolute atomic E-state index is 10.6. The molecule has 0 heterocycles. The zero-order chi connectivity index (χ0) is 12.3. The predicted molar refractivity (Wildman–Crippen MR) is 66.2 cm³/mol. The van der Waals surface area contributed by atoms with Gasteiger partial charge >= 0.3 is 0 Å². The van der Waals surface area contributed by atoms with E-state index < -0.39 is 0 Å². The van der Waals surface area contributed by atoms with Crippen LogP contribution in [0.1, 0.15) is 37.3 Å². The molecule has 0 bridgehead atoms. The van der Waals surface area contributed by atoms with Crippen LogP contribution >= 0.6 is 11.6 Å². The van der Waals surface area contributed by atoms with Gasteiger partial charge in [-0.3, -0.25) is 10.1 Å². The van der Waals surface area contributed by atoms with Crippen LogP contribution in [0.25, 0.3) is 0 Å². The SMILES string of the molecule is CCC(c1ccc([N+](=O)[O-])cc1C)C(C)Cl. The third-order valence-electron chi connectivity index (χ3n) is 2.86. The van der Waals surface area contributed by atoms with Crippen molar-refractivity contribution in [2.75, 3.05) is 0 Å². The third kappa shape index (κ3) is 2.73. The summed E-state index contributed by atoms with van der Waals surface area (Å²) in [5.74, 6) is 0.252. The fraction of sp³-hybridized carbons (Fsp3) is 0.500. The van der Waals surface area contributed by atoms with Crippen LogP contribution in [-0.4, -0.2) is 10.3 Å². The fourth-order valence-electron chi connectivity index (χ4n) is 1.98. The number of hydrogen-bond donors (Lipinski definition) is 0. The Labute approximate surface area is 101 Å². The van der Waals surface area contributed by atoms with E-state index in [2.05, 4.69) is 6.92 Å². The first-order valence-electron chi connectivity index (χ1n) is 5.36. The first kappa shape index (κ1) is 13.0. The molecule has 0 spiro atoms. The number of non-ortho nitro benzene ring substituents is 1. The Bertz CT molecular complexity index is 391. The molecular weight excluding hydrogens is 226 g/mol. The molecule has 1 aromatic rings. The van der Waals surface area contributed by atoms with E-state index >= 15 is 0 Å². The maximum Gasteiger partial charge on any atom is 0.269 e.